The lowest BCUT2D eigenvalue weighted by molar-refractivity contribution is -0.136. The maximum Gasteiger partial charge on any atom is 0.322 e. The van der Waals surface area contributed by atoms with Gasteiger partial charge < -0.3 is 15.7 Å². The number of aryl methyl sites for hydroxylation is 1. The molecule has 2 heterocycles. The second-order valence-electron chi connectivity index (χ2n) is 7.41. The van der Waals surface area contributed by atoms with Crippen LogP contribution in [0.4, 0.5) is 10.5 Å². The van der Waals surface area contributed by atoms with Gasteiger partial charge in [0.05, 0.1) is 6.04 Å². The molecule has 2 amide bonds. The molecule has 6 nitrogen and oxygen atoms in total. The molecule has 1 unspecified atom stereocenters. The minimum Gasteiger partial charge on any atom is -0.481 e. The summed E-state index contributed by atoms with van der Waals surface area (Å²) in [5.41, 5.74) is 5.57. The number of hydrogen-bond donors (Lipinski definition) is 3. The highest BCUT2D eigenvalue weighted by Gasteiger charge is 2.33. The van der Waals surface area contributed by atoms with E-state index in [4.69, 9.17) is 5.11 Å². The van der Waals surface area contributed by atoms with E-state index in [1.54, 1.807) is 0 Å². The maximum atomic E-state index is 12.6. The van der Waals surface area contributed by atoms with E-state index in [9.17, 15) is 9.59 Å². The third kappa shape index (κ3) is 4.71. The molecule has 0 bridgehead atoms. The highest BCUT2D eigenvalue weighted by Crippen LogP contribution is 2.32. The molecule has 3 N–H and O–H groups in total. The molecular formula is C22H26ClN3O3. The zero-order valence-electron chi connectivity index (χ0n) is 16.2. The summed E-state index contributed by atoms with van der Waals surface area (Å²) in [5, 5.41) is 15.3. The van der Waals surface area contributed by atoms with Gasteiger partial charge in [0.25, 0.3) is 0 Å². The van der Waals surface area contributed by atoms with E-state index < -0.39 is 5.97 Å². The SMILES string of the molecule is Cl.O=C(O)CCc1cccc(C2CNC(=O)N2c2ccc3c(c2)CCNCC3)c1. The Morgan fingerprint density at radius 2 is 1.90 bits per heavy atom. The number of halogens is 1. The number of carboxylic acids is 1. The van der Waals surface area contributed by atoms with Gasteiger partial charge in [0, 0.05) is 18.7 Å². The molecule has 154 valence electrons. The van der Waals surface area contributed by atoms with E-state index >= 15 is 0 Å². The Hall–Kier alpha value is -2.57. The predicted molar refractivity (Wildman–Crippen MR) is 115 cm³/mol. The highest BCUT2D eigenvalue weighted by molar-refractivity contribution is 5.95. The number of nitrogens with zero attached hydrogens (tertiary/aromatic N) is 1. The molecular weight excluding hydrogens is 390 g/mol. The Morgan fingerprint density at radius 1 is 1.10 bits per heavy atom. The van der Waals surface area contributed by atoms with Crippen LogP contribution < -0.4 is 15.5 Å². The first kappa shape index (κ1) is 21.1. The van der Waals surface area contributed by atoms with Gasteiger partial charge >= 0.3 is 12.0 Å². The van der Waals surface area contributed by atoms with Crippen molar-refractivity contribution in [2.24, 2.45) is 0 Å². The number of nitrogens with one attached hydrogen (secondary N) is 2. The van der Waals surface area contributed by atoms with Crippen molar-refractivity contribution < 1.29 is 14.7 Å². The number of carbonyl (C=O) groups is 2. The van der Waals surface area contributed by atoms with Gasteiger partial charge in [-0.1, -0.05) is 30.3 Å². The molecule has 2 aromatic carbocycles. The average molecular weight is 416 g/mol. The first-order chi connectivity index (χ1) is 13.6. The maximum absolute atomic E-state index is 12.6. The molecule has 29 heavy (non-hydrogen) atoms. The molecule has 0 saturated carbocycles. The standard InChI is InChI=1S/C22H25N3O3.ClH/c26-21(27)7-4-15-2-1-3-18(12-15)20-14-24-22(28)25(20)19-6-5-16-8-10-23-11-9-17(16)13-19;/h1-3,5-6,12-13,20,23H,4,7-11,14H2,(H,24,28)(H,26,27);1H. The van der Waals surface area contributed by atoms with Gasteiger partial charge in [0.1, 0.15) is 0 Å². The highest BCUT2D eigenvalue weighted by atomic mass is 35.5. The van der Waals surface area contributed by atoms with Gasteiger partial charge in [0.2, 0.25) is 0 Å². The molecule has 4 rings (SSSR count). The van der Waals surface area contributed by atoms with Crippen LogP contribution in [0.2, 0.25) is 0 Å². The lowest BCUT2D eigenvalue weighted by atomic mass is 9.99. The summed E-state index contributed by atoms with van der Waals surface area (Å²) in [5.74, 6) is -0.802. The number of carbonyl (C=O) groups excluding carboxylic acids is 1. The minimum absolute atomic E-state index is 0. The summed E-state index contributed by atoms with van der Waals surface area (Å²) >= 11 is 0. The number of amides is 2. The molecule has 0 spiro atoms. The first-order valence-corrected chi connectivity index (χ1v) is 9.82. The number of anilines is 1. The lowest BCUT2D eigenvalue weighted by Crippen LogP contribution is -2.29. The van der Waals surface area contributed by atoms with Crippen molar-refractivity contribution >= 4 is 30.1 Å². The van der Waals surface area contributed by atoms with E-state index in [0.29, 0.717) is 13.0 Å². The van der Waals surface area contributed by atoms with Crippen LogP contribution in [-0.4, -0.2) is 36.7 Å². The molecule has 0 aromatic heterocycles. The van der Waals surface area contributed by atoms with Crippen molar-refractivity contribution in [3.63, 3.8) is 0 Å². The molecule has 2 aliphatic heterocycles. The lowest BCUT2D eigenvalue weighted by Gasteiger charge is -2.25. The predicted octanol–water partition coefficient (Wildman–Crippen LogP) is 3.08. The van der Waals surface area contributed by atoms with Crippen molar-refractivity contribution in [1.82, 2.24) is 10.6 Å². The number of benzene rings is 2. The summed E-state index contributed by atoms with van der Waals surface area (Å²) in [7, 11) is 0. The molecule has 7 heteroatoms. The van der Waals surface area contributed by atoms with Gasteiger partial charge in [0.15, 0.2) is 0 Å². The normalized spacial score (nSPS) is 18.4. The summed E-state index contributed by atoms with van der Waals surface area (Å²) in [6.45, 7) is 2.49. The van der Waals surface area contributed by atoms with Crippen LogP contribution in [0.3, 0.4) is 0 Å². The van der Waals surface area contributed by atoms with Crippen LogP contribution in [-0.2, 0) is 24.1 Å². The van der Waals surface area contributed by atoms with Gasteiger partial charge in [-0.05, 0) is 66.7 Å². The van der Waals surface area contributed by atoms with Crippen LogP contribution in [0, 0.1) is 0 Å². The Morgan fingerprint density at radius 3 is 2.69 bits per heavy atom. The zero-order valence-corrected chi connectivity index (χ0v) is 17.0. The molecule has 0 aliphatic carbocycles. The van der Waals surface area contributed by atoms with Gasteiger partial charge in [-0.3, -0.25) is 9.69 Å². The Bertz CT molecular complexity index is 903. The molecule has 1 atom stereocenters. The molecule has 1 saturated heterocycles. The topological polar surface area (TPSA) is 81.7 Å². The summed E-state index contributed by atoms with van der Waals surface area (Å²) < 4.78 is 0. The van der Waals surface area contributed by atoms with Gasteiger partial charge in [-0.2, -0.15) is 0 Å². The largest absolute Gasteiger partial charge is 0.481 e. The average Bonchev–Trinajstić information content (AvgIpc) is 2.93. The Balaban J connectivity index is 0.00000240. The number of aliphatic carboxylic acids is 1. The number of fused-ring (bicyclic) bond motifs is 1. The third-order valence-electron chi connectivity index (χ3n) is 5.55. The van der Waals surface area contributed by atoms with Crippen molar-refractivity contribution in [2.75, 3.05) is 24.5 Å². The molecule has 1 fully saturated rings. The van der Waals surface area contributed by atoms with E-state index in [-0.39, 0.29) is 30.9 Å². The number of hydrogen-bond acceptors (Lipinski definition) is 3. The number of carboxylic acid groups (broad SMARTS) is 1. The second kappa shape index (κ2) is 9.29. The van der Waals surface area contributed by atoms with Crippen LogP contribution >= 0.6 is 12.4 Å². The zero-order chi connectivity index (χ0) is 19.5. The van der Waals surface area contributed by atoms with Crippen LogP contribution in [0.1, 0.15) is 34.7 Å². The summed E-state index contributed by atoms with van der Waals surface area (Å²) in [6.07, 6.45) is 2.57. The van der Waals surface area contributed by atoms with Crippen molar-refractivity contribution in [2.45, 2.75) is 31.7 Å². The van der Waals surface area contributed by atoms with Gasteiger partial charge in [-0.25, -0.2) is 4.79 Å². The van der Waals surface area contributed by atoms with Crippen LogP contribution in [0.25, 0.3) is 0 Å². The Labute approximate surface area is 176 Å². The fourth-order valence-corrected chi connectivity index (χ4v) is 4.08. The van der Waals surface area contributed by atoms with Gasteiger partial charge in [-0.15, -0.1) is 12.4 Å². The van der Waals surface area contributed by atoms with Crippen molar-refractivity contribution in [3.05, 3.63) is 64.7 Å². The quantitative estimate of drug-likeness (QED) is 0.700. The van der Waals surface area contributed by atoms with E-state index in [1.807, 2.05) is 35.2 Å². The Kier molecular flexibility index (Phi) is 6.77. The number of urea groups is 1. The molecule has 0 radical (unpaired) electrons. The fraction of sp³-hybridized carbons (Fsp3) is 0.364. The van der Waals surface area contributed by atoms with E-state index in [1.165, 1.54) is 11.1 Å². The summed E-state index contributed by atoms with van der Waals surface area (Å²) in [4.78, 5) is 25.3. The third-order valence-corrected chi connectivity index (χ3v) is 5.55. The monoisotopic (exact) mass is 415 g/mol. The smallest absolute Gasteiger partial charge is 0.322 e. The fourth-order valence-electron chi connectivity index (χ4n) is 4.08. The summed E-state index contributed by atoms with van der Waals surface area (Å²) in [6, 6.07) is 14.1. The second-order valence-corrected chi connectivity index (χ2v) is 7.41. The molecule has 2 aromatic rings. The van der Waals surface area contributed by atoms with E-state index in [2.05, 4.69) is 22.8 Å². The van der Waals surface area contributed by atoms with Crippen LogP contribution in [0.15, 0.2) is 42.5 Å². The van der Waals surface area contributed by atoms with Crippen molar-refractivity contribution in [3.8, 4) is 0 Å². The number of rotatable bonds is 5. The minimum atomic E-state index is -0.802. The van der Waals surface area contributed by atoms with Crippen LogP contribution in [0.5, 0.6) is 0 Å². The molecule has 2 aliphatic rings. The van der Waals surface area contributed by atoms with Crippen molar-refractivity contribution in [1.29, 1.82) is 0 Å². The van der Waals surface area contributed by atoms with E-state index in [0.717, 1.165) is 42.7 Å². The first-order valence-electron chi connectivity index (χ1n) is 9.82.